The monoisotopic (exact) mass is 352 g/mol. The zero-order valence-corrected chi connectivity index (χ0v) is 16.4. The van der Waals surface area contributed by atoms with Gasteiger partial charge in [0, 0.05) is 38.8 Å². The molecule has 1 aromatic rings. The van der Waals surface area contributed by atoms with E-state index in [-0.39, 0.29) is 11.6 Å². The molecule has 0 fully saturated rings. The molecule has 0 unspecified atom stereocenters. The van der Waals surface area contributed by atoms with Crippen LogP contribution in [0.3, 0.4) is 0 Å². The minimum Gasteiger partial charge on any atom is -0.491 e. The fourth-order valence-electron chi connectivity index (χ4n) is 2.75. The molecular weight excluding hydrogens is 319 g/mol. The predicted molar refractivity (Wildman–Crippen MR) is 103 cm³/mol. The van der Waals surface area contributed by atoms with Gasteiger partial charge in [0.1, 0.15) is 0 Å². The highest BCUT2D eigenvalue weighted by atomic mass is 19.1. The van der Waals surface area contributed by atoms with Crippen LogP contribution in [0.4, 0.5) is 4.39 Å². The number of benzene rings is 1. The molecule has 0 saturated carbocycles. The van der Waals surface area contributed by atoms with Crippen LogP contribution in [-0.2, 0) is 6.54 Å². The van der Waals surface area contributed by atoms with Crippen molar-refractivity contribution in [3.63, 3.8) is 0 Å². The van der Waals surface area contributed by atoms with Gasteiger partial charge in [-0.2, -0.15) is 0 Å². The fraction of sp³-hybridized carbons (Fsp3) is 0.632. The summed E-state index contributed by atoms with van der Waals surface area (Å²) < 4.78 is 19.1. The zero-order valence-electron chi connectivity index (χ0n) is 16.4. The van der Waals surface area contributed by atoms with E-state index in [4.69, 9.17) is 4.74 Å². The van der Waals surface area contributed by atoms with Crippen LogP contribution < -0.4 is 15.4 Å². The van der Waals surface area contributed by atoms with E-state index in [9.17, 15) is 4.39 Å². The molecule has 0 radical (unpaired) electrons. The molecule has 1 aromatic carbocycles. The molecular formula is C19H33FN4O. The number of hydrogen-bond acceptors (Lipinski definition) is 3. The summed E-state index contributed by atoms with van der Waals surface area (Å²) in [4.78, 5) is 6.64. The molecule has 0 heterocycles. The summed E-state index contributed by atoms with van der Waals surface area (Å²) in [5, 5.41) is 6.51. The van der Waals surface area contributed by atoms with Crippen LogP contribution in [0, 0.1) is 5.82 Å². The van der Waals surface area contributed by atoms with Gasteiger partial charge in [-0.1, -0.05) is 6.07 Å². The third-order valence-electron chi connectivity index (χ3n) is 3.97. The topological polar surface area (TPSA) is 48.9 Å². The lowest BCUT2D eigenvalue weighted by molar-refractivity contribution is 0.178. The van der Waals surface area contributed by atoms with Gasteiger partial charge in [0.05, 0.1) is 6.61 Å². The number of guanidine groups is 1. The quantitative estimate of drug-likeness (QED) is 0.530. The molecule has 142 valence electrons. The van der Waals surface area contributed by atoms with Crippen LogP contribution in [-0.4, -0.2) is 49.7 Å². The molecule has 0 aliphatic rings. The Bertz CT molecular complexity index is 538. The van der Waals surface area contributed by atoms with Crippen LogP contribution in [0.15, 0.2) is 23.2 Å². The molecule has 0 aliphatic heterocycles. The third-order valence-corrected chi connectivity index (χ3v) is 3.97. The van der Waals surface area contributed by atoms with E-state index in [1.807, 2.05) is 13.0 Å². The van der Waals surface area contributed by atoms with Gasteiger partial charge in [-0.25, -0.2) is 4.39 Å². The standard InChI is InChI=1S/C19H33FN4O/c1-7-25-18-9-8-16(12-17(18)20)13-23-19(21-6)22-10-11-24(14(2)3)15(4)5/h8-9,12,14-15H,7,10-11,13H2,1-6H3,(H2,21,22,23). The van der Waals surface area contributed by atoms with E-state index < -0.39 is 0 Å². The van der Waals surface area contributed by atoms with E-state index in [0.717, 1.165) is 18.7 Å². The maximum atomic E-state index is 13.9. The third kappa shape index (κ3) is 7.30. The number of nitrogens with zero attached hydrogens (tertiary/aromatic N) is 2. The molecule has 0 aromatic heterocycles. The molecule has 2 N–H and O–H groups in total. The molecule has 5 nitrogen and oxygen atoms in total. The van der Waals surface area contributed by atoms with Crippen LogP contribution in [0.5, 0.6) is 5.75 Å². The summed E-state index contributed by atoms with van der Waals surface area (Å²) in [7, 11) is 1.73. The Morgan fingerprint density at radius 1 is 1.20 bits per heavy atom. The maximum absolute atomic E-state index is 13.9. The van der Waals surface area contributed by atoms with E-state index in [0.29, 0.717) is 31.2 Å². The van der Waals surface area contributed by atoms with E-state index in [2.05, 4.69) is 48.2 Å². The van der Waals surface area contributed by atoms with Gasteiger partial charge in [0.25, 0.3) is 0 Å². The van der Waals surface area contributed by atoms with Crippen LogP contribution in [0.1, 0.15) is 40.2 Å². The second kappa shape index (κ2) is 10.9. The van der Waals surface area contributed by atoms with Gasteiger partial charge in [-0.3, -0.25) is 9.89 Å². The van der Waals surface area contributed by atoms with E-state index in [1.165, 1.54) is 6.07 Å². The van der Waals surface area contributed by atoms with Crippen molar-refractivity contribution in [2.75, 3.05) is 26.7 Å². The van der Waals surface area contributed by atoms with Crippen LogP contribution in [0.25, 0.3) is 0 Å². The minimum absolute atomic E-state index is 0.288. The Kier molecular flexibility index (Phi) is 9.27. The largest absolute Gasteiger partial charge is 0.491 e. The van der Waals surface area contributed by atoms with Crippen molar-refractivity contribution < 1.29 is 9.13 Å². The summed E-state index contributed by atoms with van der Waals surface area (Å²) in [5.41, 5.74) is 0.842. The van der Waals surface area contributed by atoms with Crippen molar-refractivity contribution in [3.8, 4) is 5.75 Å². The summed E-state index contributed by atoms with van der Waals surface area (Å²) in [6.45, 7) is 13.3. The highest BCUT2D eigenvalue weighted by molar-refractivity contribution is 5.79. The summed E-state index contributed by atoms with van der Waals surface area (Å²) in [6, 6.07) is 6.01. The minimum atomic E-state index is -0.339. The average Bonchev–Trinajstić information content (AvgIpc) is 2.56. The number of halogens is 1. The Labute approximate surface area is 151 Å². The Morgan fingerprint density at radius 3 is 2.40 bits per heavy atom. The first-order valence-corrected chi connectivity index (χ1v) is 9.00. The summed E-state index contributed by atoms with van der Waals surface area (Å²) >= 11 is 0. The number of ether oxygens (including phenoxy) is 1. The number of aliphatic imine (C=N–C) groups is 1. The summed E-state index contributed by atoms with van der Waals surface area (Å²) in [6.07, 6.45) is 0. The van der Waals surface area contributed by atoms with E-state index >= 15 is 0 Å². The van der Waals surface area contributed by atoms with Crippen LogP contribution in [0.2, 0.25) is 0 Å². The van der Waals surface area contributed by atoms with Crippen molar-refractivity contribution in [1.82, 2.24) is 15.5 Å². The molecule has 25 heavy (non-hydrogen) atoms. The summed E-state index contributed by atoms with van der Waals surface area (Å²) in [5.74, 6) is 0.659. The lowest BCUT2D eigenvalue weighted by atomic mass is 10.2. The second-order valence-corrected chi connectivity index (χ2v) is 6.48. The van der Waals surface area contributed by atoms with Crippen molar-refractivity contribution in [3.05, 3.63) is 29.6 Å². The second-order valence-electron chi connectivity index (χ2n) is 6.48. The van der Waals surface area contributed by atoms with Gasteiger partial charge in [-0.05, 0) is 52.3 Å². The van der Waals surface area contributed by atoms with Gasteiger partial charge in [-0.15, -0.1) is 0 Å². The normalized spacial score (nSPS) is 12.2. The molecule has 0 spiro atoms. The van der Waals surface area contributed by atoms with Gasteiger partial charge in [0.15, 0.2) is 17.5 Å². The Hall–Kier alpha value is -1.82. The molecule has 0 atom stereocenters. The van der Waals surface area contributed by atoms with Crippen LogP contribution >= 0.6 is 0 Å². The highest BCUT2D eigenvalue weighted by Crippen LogP contribution is 2.18. The van der Waals surface area contributed by atoms with Gasteiger partial charge < -0.3 is 15.4 Å². The number of rotatable bonds is 9. The zero-order chi connectivity index (χ0) is 18.8. The number of hydrogen-bond donors (Lipinski definition) is 2. The lowest BCUT2D eigenvalue weighted by Gasteiger charge is -2.30. The average molecular weight is 352 g/mol. The molecule has 6 heteroatoms. The van der Waals surface area contributed by atoms with Gasteiger partial charge >= 0.3 is 0 Å². The molecule has 0 amide bonds. The first-order chi connectivity index (χ1) is 11.9. The predicted octanol–water partition coefficient (Wildman–Crippen LogP) is 3.01. The Morgan fingerprint density at radius 2 is 1.88 bits per heavy atom. The first-order valence-electron chi connectivity index (χ1n) is 9.00. The fourth-order valence-corrected chi connectivity index (χ4v) is 2.75. The van der Waals surface area contributed by atoms with Gasteiger partial charge in [0.2, 0.25) is 0 Å². The Balaban J connectivity index is 2.48. The SMILES string of the molecule is CCOc1ccc(CNC(=NC)NCCN(C(C)C)C(C)C)cc1F. The highest BCUT2D eigenvalue weighted by Gasteiger charge is 2.12. The first kappa shape index (κ1) is 21.2. The van der Waals surface area contributed by atoms with E-state index in [1.54, 1.807) is 13.1 Å². The van der Waals surface area contributed by atoms with Crippen molar-refractivity contribution in [2.45, 2.75) is 53.2 Å². The number of nitrogens with one attached hydrogen (secondary N) is 2. The lowest BCUT2D eigenvalue weighted by Crippen LogP contribution is -2.45. The maximum Gasteiger partial charge on any atom is 0.191 e. The molecule has 0 aliphatic carbocycles. The smallest absolute Gasteiger partial charge is 0.191 e. The van der Waals surface area contributed by atoms with Crippen molar-refractivity contribution in [1.29, 1.82) is 0 Å². The molecule has 0 saturated heterocycles. The molecule has 0 bridgehead atoms. The molecule has 1 rings (SSSR count). The van der Waals surface area contributed by atoms with Crippen molar-refractivity contribution in [2.24, 2.45) is 4.99 Å². The van der Waals surface area contributed by atoms with Crippen molar-refractivity contribution >= 4 is 5.96 Å².